The summed E-state index contributed by atoms with van der Waals surface area (Å²) in [4.78, 5) is 14.6. The average molecular weight is 286 g/mol. The smallest absolute Gasteiger partial charge is 0.257 e. The van der Waals surface area contributed by atoms with E-state index in [1.807, 2.05) is 25.1 Å². The van der Waals surface area contributed by atoms with Gasteiger partial charge < -0.3 is 4.90 Å². The van der Waals surface area contributed by atoms with E-state index in [-0.39, 0.29) is 5.91 Å². The molecule has 1 aliphatic heterocycles. The molecule has 1 aromatic rings. The van der Waals surface area contributed by atoms with Crippen molar-refractivity contribution in [1.29, 1.82) is 0 Å². The number of aryl methyl sites for hydroxylation is 2. The van der Waals surface area contributed by atoms with Crippen LogP contribution in [-0.4, -0.2) is 38.5 Å². The number of rotatable bonds is 2. The van der Waals surface area contributed by atoms with Crippen LogP contribution in [0.1, 0.15) is 29.4 Å². The lowest BCUT2D eigenvalue weighted by Gasteiger charge is -2.14. The summed E-state index contributed by atoms with van der Waals surface area (Å²) < 4.78 is 1.72. The SMILES string of the molecule is CCc1nn(C)cc1C(=O)N1CCC(Br)C1. The van der Waals surface area contributed by atoms with E-state index < -0.39 is 0 Å². The van der Waals surface area contributed by atoms with Crippen LogP contribution >= 0.6 is 15.9 Å². The fraction of sp³-hybridized carbons (Fsp3) is 0.636. The zero-order chi connectivity index (χ0) is 11.7. The molecular weight excluding hydrogens is 270 g/mol. The maximum absolute atomic E-state index is 12.2. The molecule has 4 nitrogen and oxygen atoms in total. The third-order valence-corrected chi connectivity index (χ3v) is 3.64. The van der Waals surface area contributed by atoms with Gasteiger partial charge in [0, 0.05) is 31.2 Å². The largest absolute Gasteiger partial charge is 0.337 e. The van der Waals surface area contributed by atoms with Crippen LogP contribution in [-0.2, 0) is 13.5 Å². The van der Waals surface area contributed by atoms with Gasteiger partial charge >= 0.3 is 0 Å². The molecule has 2 rings (SSSR count). The van der Waals surface area contributed by atoms with Gasteiger partial charge in [0.05, 0.1) is 11.3 Å². The van der Waals surface area contributed by atoms with Crippen molar-refractivity contribution in [2.75, 3.05) is 13.1 Å². The second-order valence-electron chi connectivity index (χ2n) is 4.15. The van der Waals surface area contributed by atoms with E-state index in [0.717, 1.165) is 37.2 Å². The van der Waals surface area contributed by atoms with Gasteiger partial charge in [0.15, 0.2) is 0 Å². The lowest BCUT2D eigenvalue weighted by atomic mass is 10.2. The van der Waals surface area contributed by atoms with Crippen LogP contribution in [0.3, 0.4) is 0 Å². The summed E-state index contributed by atoms with van der Waals surface area (Å²) in [5, 5.41) is 4.30. The molecule has 0 saturated carbocycles. The van der Waals surface area contributed by atoms with Gasteiger partial charge in [-0.05, 0) is 12.8 Å². The van der Waals surface area contributed by atoms with Crippen molar-refractivity contribution in [3.63, 3.8) is 0 Å². The first-order chi connectivity index (χ1) is 7.61. The number of aromatic nitrogens is 2. The zero-order valence-corrected chi connectivity index (χ0v) is 11.2. The lowest BCUT2D eigenvalue weighted by Crippen LogP contribution is -2.29. The number of hydrogen-bond donors (Lipinski definition) is 0. The molecule has 88 valence electrons. The summed E-state index contributed by atoms with van der Waals surface area (Å²) in [6, 6.07) is 0. The number of alkyl halides is 1. The highest BCUT2D eigenvalue weighted by Crippen LogP contribution is 2.20. The van der Waals surface area contributed by atoms with Crippen molar-refractivity contribution in [3.05, 3.63) is 17.5 Å². The highest BCUT2D eigenvalue weighted by molar-refractivity contribution is 9.09. The van der Waals surface area contributed by atoms with Crippen LogP contribution in [0.5, 0.6) is 0 Å². The highest BCUT2D eigenvalue weighted by atomic mass is 79.9. The van der Waals surface area contributed by atoms with E-state index in [0.29, 0.717) is 4.83 Å². The summed E-state index contributed by atoms with van der Waals surface area (Å²) in [7, 11) is 1.85. The molecule has 1 atom stereocenters. The number of likely N-dealkylation sites (tertiary alicyclic amines) is 1. The Kier molecular flexibility index (Phi) is 3.33. The molecule has 1 amide bonds. The molecule has 5 heteroatoms. The van der Waals surface area contributed by atoms with Crippen molar-refractivity contribution in [3.8, 4) is 0 Å². The predicted octanol–water partition coefficient (Wildman–Crippen LogP) is 1.59. The van der Waals surface area contributed by atoms with E-state index in [2.05, 4.69) is 21.0 Å². The number of carbonyl (C=O) groups is 1. The van der Waals surface area contributed by atoms with Crippen LogP contribution in [0, 0.1) is 0 Å². The molecule has 16 heavy (non-hydrogen) atoms. The number of nitrogens with zero attached hydrogens (tertiary/aromatic N) is 3. The first-order valence-electron chi connectivity index (χ1n) is 5.57. The molecule has 0 aliphatic carbocycles. The quantitative estimate of drug-likeness (QED) is 0.774. The first-order valence-corrected chi connectivity index (χ1v) is 6.49. The van der Waals surface area contributed by atoms with Crippen LogP contribution in [0.25, 0.3) is 0 Å². The van der Waals surface area contributed by atoms with Crippen molar-refractivity contribution in [2.45, 2.75) is 24.6 Å². The van der Waals surface area contributed by atoms with Crippen LogP contribution in [0.2, 0.25) is 0 Å². The maximum atomic E-state index is 12.2. The predicted molar refractivity (Wildman–Crippen MR) is 65.8 cm³/mol. The molecule has 1 unspecified atom stereocenters. The van der Waals surface area contributed by atoms with Crippen molar-refractivity contribution < 1.29 is 4.79 Å². The average Bonchev–Trinajstić information content (AvgIpc) is 2.83. The minimum atomic E-state index is 0.118. The van der Waals surface area contributed by atoms with E-state index in [9.17, 15) is 4.79 Å². The van der Waals surface area contributed by atoms with E-state index in [1.165, 1.54) is 0 Å². The summed E-state index contributed by atoms with van der Waals surface area (Å²) in [5.74, 6) is 0.118. The maximum Gasteiger partial charge on any atom is 0.257 e. The highest BCUT2D eigenvalue weighted by Gasteiger charge is 2.27. The monoisotopic (exact) mass is 285 g/mol. The Morgan fingerprint density at radius 1 is 1.69 bits per heavy atom. The first kappa shape index (κ1) is 11.6. The molecule has 0 bridgehead atoms. The summed E-state index contributed by atoms with van der Waals surface area (Å²) in [5.41, 5.74) is 1.65. The number of hydrogen-bond acceptors (Lipinski definition) is 2. The Morgan fingerprint density at radius 3 is 3.00 bits per heavy atom. The minimum Gasteiger partial charge on any atom is -0.337 e. The van der Waals surface area contributed by atoms with Crippen LogP contribution in [0.15, 0.2) is 6.20 Å². The second kappa shape index (κ2) is 4.57. The molecule has 0 radical (unpaired) electrons. The van der Waals surface area contributed by atoms with E-state index >= 15 is 0 Å². The third kappa shape index (κ3) is 2.14. The molecular formula is C11H16BrN3O. The lowest BCUT2D eigenvalue weighted by molar-refractivity contribution is 0.0792. The van der Waals surface area contributed by atoms with Crippen molar-refractivity contribution in [1.82, 2.24) is 14.7 Å². The normalized spacial score (nSPS) is 20.4. The Morgan fingerprint density at radius 2 is 2.44 bits per heavy atom. The van der Waals surface area contributed by atoms with E-state index in [4.69, 9.17) is 0 Å². The zero-order valence-electron chi connectivity index (χ0n) is 9.61. The van der Waals surface area contributed by atoms with Crippen LogP contribution < -0.4 is 0 Å². The molecule has 1 aromatic heterocycles. The van der Waals surface area contributed by atoms with Crippen LogP contribution in [0.4, 0.5) is 0 Å². The standard InChI is InChI=1S/C11H16BrN3O/c1-3-10-9(7-14(2)13-10)11(16)15-5-4-8(12)6-15/h7-8H,3-6H2,1-2H3. The minimum absolute atomic E-state index is 0.118. The molecule has 1 aliphatic rings. The molecule has 1 fully saturated rings. The Bertz CT molecular complexity index is 402. The van der Waals surface area contributed by atoms with Gasteiger partial charge in [-0.2, -0.15) is 5.10 Å². The molecule has 0 aromatic carbocycles. The Hall–Kier alpha value is -0.840. The van der Waals surface area contributed by atoms with Gasteiger partial charge in [0.2, 0.25) is 0 Å². The van der Waals surface area contributed by atoms with Gasteiger partial charge in [-0.1, -0.05) is 22.9 Å². The molecule has 1 saturated heterocycles. The Balaban J connectivity index is 2.20. The molecule has 0 N–H and O–H groups in total. The number of carbonyl (C=O) groups excluding carboxylic acids is 1. The summed E-state index contributed by atoms with van der Waals surface area (Å²) in [6.07, 6.45) is 3.66. The van der Waals surface area contributed by atoms with Crippen molar-refractivity contribution in [2.24, 2.45) is 7.05 Å². The third-order valence-electron chi connectivity index (χ3n) is 2.89. The number of halogens is 1. The summed E-state index contributed by atoms with van der Waals surface area (Å²) in [6.45, 7) is 3.67. The topological polar surface area (TPSA) is 38.1 Å². The van der Waals surface area contributed by atoms with E-state index in [1.54, 1.807) is 4.68 Å². The van der Waals surface area contributed by atoms with Gasteiger partial charge in [0.1, 0.15) is 0 Å². The number of amides is 1. The fourth-order valence-corrected chi connectivity index (χ4v) is 2.60. The van der Waals surface area contributed by atoms with Gasteiger partial charge in [-0.15, -0.1) is 0 Å². The van der Waals surface area contributed by atoms with Gasteiger partial charge in [-0.3, -0.25) is 9.48 Å². The molecule has 2 heterocycles. The fourth-order valence-electron chi connectivity index (χ4n) is 2.05. The Labute approximate surface area is 104 Å². The molecule has 0 spiro atoms. The van der Waals surface area contributed by atoms with Crippen molar-refractivity contribution >= 4 is 21.8 Å². The summed E-state index contributed by atoms with van der Waals surface area (Å²) >= 11 is 3.55. The second-order valence-corrected chi connectivity index (χ2v) is 5.45. The van der Waals surface area contributed by atoms with Gasteiger partial charge in [-0.25, -0.2) is 0 Å². The van der Waals surface area contributed by atoms with Gasteiger partial charge in [0.25, 0.3) is 5.91 Å².